The SMILES string of the molecule is COc1ccccc1-c1nnc2ccc(Oc3ccccc3C(C)C)nn12. The number of fused-ring (bicyclic) bond motifs is 1. The molecule has 0 bridgehead atoms. The predicted octanol–water partition coefficient (Wildman–Crippen LogP) is 4.72. The molecule has 27 heavy (non-hydrogen) atoms. The fourth-order valence-electron chi connectivity index (χ4n) is 2.99. The molecular formula is C21H20N4O2. The standard InChI is InChI=1S/C21H20N4O2/c1-14(2)15-8-4-7-11-18(15)27-20-13-12-19-22-23-21(25(19)24-20)16-9-5-6-10-17(16)26-3/h4-14H,1-3H3. The maximum absolute atomic E-state index is 6.08. The van der Waals surface area contributed by atoms with Crippen LogP contribution in [0.25, 0.3) is 17.0 Å². The van der Waals surface area contributed by atoms with E-state index in [-0.39, 0.29) is 0 Å². The molecule has 0 unspecified atom stereocenters. The zero-order valence-corrected chi connectivity index (χ0v) is 15.5. The number of para-hydroxylation sites is 2. The van der Waals surface area contributed by atoms with Gasteiger partial charge in [-0.15, -0.1) is 15.3 Å². The van der Waals surface area contributed by atoms with Gasteiger partial charge in [-0.3, -0.25) is 0 Å². The molecule has 0 spiro atoms. The molecule has 0 atom stereocenters. The summed E-state index contributed by atoms with van der Waals surface area (Å²) in [5.41, 5.74) is 2.59. The van der Waals surface area contributed by atoms with Crippen LogP contribution < -0.4 is 9.47 Å². The summed E-state index contributed by atoms with van der Waals surface area (Å²) in [5.74, 6) is 2.94. The van der Waals surface area contributed by atoms with Crippen LogP contribution in [0.1, 0.15) is 25.3 Å². The molecule has 136 valence electrons. The Morgan fingerprint density at radius 2 is 1.59 bits per heavy atom. The summed E-state index contributed by atoms with van der Waals surface area (Å²) in [6.45, 7) is 4.27. The van der Waals surface area contributed by atoms with Crippen LogP contribution >= 0.6 is 0 Å². The Hall–Kier alpha value is -3.41. The van der Waals surface area contributed by atoms with Gasteiger partial charge in [-0.25, -0.2) is 0 Å². The molecule has 6 heteroatoms. The van der Waals surface area contributed by atoms with Crippen molar-refractivity contribution in [2.75, 3.05) is 7.11 Å². The van der Waals surface area contributed by atoms with E-state index in [1.807, 2.05) is 48.5 Å². The highest BCUT2D eigenvalue weighted by Gasteiger charge is 2.15. The molecule has 2 heterocycles. The molecule has 0 aliphatic rings. The van der Waals surface area contributed by atoms with E-state index in [1.54, 1.807) is 17.7 Å². The van der Waals surface area contributed by atoms with Gasteiger partial charge in [0.1, 0.15) is 11.5 Å². The van der Waals surface area contributed by atoms with E-state index < -0.39 is 0 Å². The highest BCUT2D eigenvalue weighted by Crippen LogP contribution is 2.31. The Morgan fingerprint density at radius 3 is 2.37 bits per heavy atom. The number of methoxy groups -OCH3 is 1. The van der Waals surface area contributed by atoms with Crippen molar-refractivity contribution in [2.24, 2.45) is 0 Å². The second-order valence-corrected chi connectivity index (χ2v) is 6.46. The molecule has 0 N–H and O–H groups in total. The van der Waals surface area contributed by atoms with Gasteiger partial charge in [0, 0.05) is 6.07 Å². The zero-order valence-electron chi connectivity index (χ0n) is 15.5. The normalized spacial score (nSPS) is 11.1. The average Bonchev–Trinajstić information content (AvgIpc) is 3.11. The first kappa shape index (κ1) is 17.0. The van der Waals surface area contributed by atoms with Crippen LogP contribution in [-0.2, 0) is 0 Å². The van der Waals surface area contributed by atoms with Gasteiger partial charge in [0.25, 0.3) is 0 Å². The van der Waals surface area contributed by atoms with E-state index in [0.717, 1.165) is 16.9 Å². The Labute approximate surface area is 157 Å². The fourth-order valence-corrected chi connectivity index (χ4v) is 2.99. The van der Waals surface area contributed by atoms with E-state index >= 15 is 0 Å². The predicted molar refractivity (Wildman–Crippen MR) is 103 cm³/mol. The number of aromatic nitrogens is 4. The lowest BCUT2D eigenvalue weighted by atomic mass is 10.0. The summed E-state index contributed by atoms with van der Waals surface area (Å²) >= 11 is 0. The summed E-state index contributed by atoms with van der Waals surface area (Å²) in [6.07, 6.45) is 0. The molecule has 2 aromatic carbocycles. The van der Waals surface area contributed by atoms with Gasteiger partial charge in [0.05, 0.1) is 12.7 Å². The second-order valence-electron chi connectivity index (χ2n) is 6.46. The van der Waals surface area contributed by atoms with Crippen LogP contribution in [0.3, 0.4) is 0 Å². The van der Waals surface area contributed by atoms with Crippen molar-refractivity contribution in [2.45, 2.75) is 19.8 Å². The highest BCUT2D eigenvalue weighted by atomic mass is 16.5. The summed E-state index contributed by atoms with van der Waals surface area (Å²) in [5, 5.41) is 13.1. The van der Waals surface area contributed by atoms with E-state index in [0.29, 0.717) is 29.0 Å². The Kier molecular flexibility index (Phi) is 4.46. The van der Waals surface area contributed by atoms with Crippen molar-refractivity contribution in [3.63, 3.8) is 0 Å². The largest absolute Gasteiger partial charge is 0.496 e. The molecule has 2 aromatic heterocycles. The molecule has 0 amide bonds. The minimum atomic E-state index is 0.351. The highest BCUT2D eigenvalue weighted by molar-refractivity contribution is 5.66. The average molecular weight is 360 g/mol. The smallest absolute Gasteiger partial charge is 0.237 e. The van der Waals surface area contributed by atoms with Crippen LogP contribution in [0.5, 0.6) is 17.4 Å². The summed E-state index contributed by atoms with van der Waals surface area (Å²) in [6, 6.07) is 19.3. The first-order valence-electron chi connectivity index (χ1n) is 8.80. The van der Waals surface area contributed by atoms with Crippen molar-refractivity contribution in [3.05, 3.63) is 66.2 Å². The first-order chi connectivity index (χ1) is 13.2. The lowest BCUT2D eigenvalue weighted by Crippen LogP contribution is -2.00. The Morgan fingerprint density at radius 1 is 0.852 bits per heavy atom. The van der Waals surface area contributed by atoms with E-state index in [9.17, 15) is 0 Å². The maximum atomic E-state index is 6.08. The van der Waals surface area contributed by atoms with Crippen LogP contribution in [0.15, 0.2) is 60.7 Å². The second kappa shape index (κ2) is 7.07. The third-order valence-electron chi connectivity index (χ3n) is 4.34. The van der Waals surface area contributed by atoms with Crippen LogP contribution in [0.4, 0.5) is 0 Å². The fraction of sp³-hybridized carbons (Fsp3) is 0.190. The quantitative estimate of drug-likeness (QED) is 0.515. The number of hydrogen-bond acceptors (Lipinski definition) is 5. The molecule has 0 radical (unpaired) electrons. The molecule has 0 fully saturated rings. The van der Waals surface area contributed by atoms with Gasteiger partial charge in [-0.2, -0.15) is 4.52 Å². The minimum absolute atomic E-state index is 0.351. The van der Waals surface area contributed by atoms with E-state index in [1.165, 1.54) is 0 Å². The third kappa shape index (κ3) is 3.21. The zero-order chi connectivity index (χ0) is 18.8. The number of rotatable bonds is 5. The van der Waals surface area contributed by atoms with Crippen molar-refractivity contribution in [3.8, 4) is 28.8 Å². The topological polar surface area (TPSA) is 61.5 Å². The molecule has 4 rings (SSSR count). The van der Waals surface area contributed by atoms with E-state index in [4.69, 9.17) is 9.47 Å². The minimum Gasteiger partial charge on any atom is -0.496 e. The maximum Gasteiger partial charge on any atom is 0.237 e. The van der Waals surface area contributed by atoms with Crippen molar-refractivity contribution in [1.82, 2.24) is 19.8 Å². The van der Waals surface area contributed by atoms with Crippen LogP contribution in [0.2, 0.25) is 0 Å². The van der Waals surface area contributed by atoms with Crippen molar-refractivity contribution >= 4 is 5.65 Å². The molecule has 0 aliphatic heterocycles. The number of benzene rings is 2. The Balaban J connectivity index is 1.77. The number of ether oxygens (including phenoxy) is 2. The third-order valence-corrected chi connectivity index (χ3v) is 4.34. The lowest BCUT2D eigenvalue weighted by molar-refractivity contribution is 0.415. The van der Waals surface area contributed by atoms with Crippen LogP contribution in [-0.4, -0.2) is 26.9 Å². The van der Waals surface area contributed by atoms with Gasteiger partial charge in [-0.1, -0.05) is 44.2 Å². The van der Waals surface area contributed by atoms with Crippen molar-refractivity contribution in [1.29, 1.82) is 0 Å². The number of nitrogens with zero attached hydrogens (tertiary/aromatic N) is 4. The number of hydrogen-bond donors (Lipinski definition) is 0. The van der Waals surface area contributed by atoms with Gasteiger partial charge >= 0.3 is 0 Å². The molecule has 0 saturated heterocycles. The molecular weight excluding hydrogens is 340 g/mol. The molecule has 4 aromatic rings. The monoisotopic (exact) mass is 360 g/mol. The summed E-state index contributed by atoms with van der Waals surface area (Å²) in [4.78, 5) is 0. The van der Waals surface area contributed by atoms with Crippen LogP contribution in [0, 0.1) is 0 Å². The molecule has 0 aliphatic carbocycles. The van der Waals surface area contributed by atoms with Gasteiger partial charge in [0.15, 0.2) is 11.5 Å². The summed E-state index contributed by atoms with van der Waals surface area (Å²) < 4.78 is 13.2. The van der Waals surface area contributed by atoms with E-state index in [2.05, 4.69) is 35.2 Å². The van der Waals surface area contributed by atoms with Gasteiger partial charge in [-0.05, 0) is 35.7 Å². The first-order valence-corrected chi connectivity index (χ1v) is 8.80. The molecule has 0 saturated carbocycles. The lowest BCUT2D eigenvalue weighted by Gasteiger charge is -2.13. The summed E-state index contributed by atoms with van der Waals surface area (Å²) in [7, 11) is 1.63. The van der Waals surface area contributed by atoms with Gasteiger partial charge in [0.2, 0.25) is 5.88 Å². The van der Waals surface area contributed by atoms with Crippen molar-refractivity contribution < 1.29 is 9.47 Å². The Bertz CT molecular complexity index is 1090. The van der Waals surface area contributed by atoms with Gasteiger partial charge < -0.3 is 9.47 Å². The molecule has 6 nitrogen and oxygen atoms in total.